The molecule has 1 amide bonds. The molecule has 7 heteroatoms. The Hall–Kier alpha value is -2.25. The number of aryl methyl sites for hydroxylation is 1. The molecule has 3 rings (SSSR count). The van der Waals surface area contributed by atoms with Gasteiger partial charge >= 0.3 is 0 Å². The molecule has 1 N–H and O–H groups in total. The SMILES string of the molecule is Cc1ccc(NC(=O)C[C@@H]2CCCCN2S(=O)(=O)c2ccccc2)cc1F. The monoisotopic (exact) mass is 390 g/mol. The summed E-state index contributed by atoms with van der Waals surface area (Å²) >= 11 is 0. The summed E-state index contributed by atoms with van der Waals surface area (Å²) in [5, 5.41) is 2.67. The third-order valence-corrected chi connectivity index (χ3v) is 6.77. The van der Waals surface area contributed by atoms with Crippen LogP contribution in [0.3, 0.4) is 0 Å². The molecule has 5 nitrogen and oxygen atoms in total. The molecular formula is C20H23FN2O3S. The minimum Gasteiger partial charge on any atom is -0.326 e. The van der Waals surface area contributed by atoms with Crippen molar-refractivity contribution in [1.29, 1.82) is 0 Å². The summed E-state index contributed by atoms with van der Waals surface area (Å²) in [6, 6.07) is 12.4. The summed E-state index contributed by atoms with van der Waals surface area (Å²) in [5.74, 6) is -0.711. The summed E-state index contributed by atoms with van der Waals surface area (Å²) in [6.07, 6.45) is 2.31. The molecule has 0 spiro atoms. The molecule has 1 saturated heterocycles. The van der Waals surface area contributed by atoms with Crippen LogP contribution in [0.15, 0.2) is 53.4 Å². The van der Waals surface area contributed by atoms with Crippen LogP contribution in [0.2, 0.25) is 0 Å². The van der Waals surface area contributed by atoms with Crippen LogP contribution in [-0.4, -0.2) is 31.2 Å². The van der Waals surface area contributed by atoms with Crippen molar-refractivity contribution >= 4 is 21.6 Å². The van der Waals surface area contributed by atoms with Gasteiger partial charge in [-0.2, -0.15) is 4.31 Å². The molecule has 2 aromatic carbocycles. The Morgan fingerprint density at radius 3 is 2.63 bits per heavy atom. The third-order valence-electron chi connectivity index (χ3n) is 4.80. The highest BCUT2D eigenvalue weighted by Gasteiger charge is 2.34. The van der Waals surface area contributed by atoms with E-state index >= 15 is 0 Å². The minimum atomic E-state index is -3.65. The largest absolute Gasteiger partial charge is 0.326 e. The number of hydrogen-bond acceptors (Lipinski definition) is 3. The van der Waals surface area contributed by atoms with Gasteiger partial charge in [0.2, 0.25) is 15.9 Å². The van der Waals surface area contributed by atoms with Crippen LogP contribution < -0.4 is 5.32 Å². The average molecular weight is 390 g/mol. The summed E-state index contributed by atoms with van der Waals surface area (Å²) in [4.78, 5) is 12.7. The first-order chi connectivity index (χ1) is 12.9. The molecule has 27 heavy (non-hydrogen) atoms. The van der Waals surface area contributed by atoms with Gasteiger partial charge in [0, 0.05) is 24.7 Å². The van der Waals surface area contributed by atoms with Crippen LogP contribution in [0.4, 0.5) is 10.1 Å². The first kappa shape index (κ1) is 19.5. The van der Waals surface area contributed by atoms with Crippen LogP contribution >= 0.6 is 0 Å². The lowest BCUT2D eigenvalue weighted by Gasteiger charge is -2.34. The molecule has 1 heterocycles. The van der Waals surface area contributed by atoms with Crippen molar-refractivity contribution in [3.63, 3.8) is 0 Å². The molecular weight excluding hydrogens is 367 g/mol. The first-order valence-electron chi connectivity index (χ1n) is 9.01. The number of carbonyl (C=O) groups is 1. The molecule has 0 bridgehead atoms. The number of benzene rings is 2. The van der Waals surface area contributed by atoms with Gasteiger partial charge < -0.3 is 5.32 Å². The van der Waals surface area contributed by atoms with Crippen molar-refractivity contribution in [3.05, 3.63) is 59.9 Å². The van der Waals surface area contributed by atoms with E-state index < -0.39 is 21.9 Å². The predicted molar refractivity (Wildman–Crippen MR) is 102 cm³/mol. The fourth-order valence-electron chi connectivity index (χ4n) is 3.32. The number of nitrogens with one attached hydrogen (secondary N) is 1. The van der Waals surface area contributed by atoms with Crippen LogP contribution in [-0.2, 0) is 14.8 Å². The Morgan fingerprint density at radius 2 is 1.93 bits per heavy atom. The Kier molecular flexibility index (Phi) is 5.92. The van der Waals surface area contributed by atoms with Gasteiger partial charge in [0.1, 0.15) is 5.82 Å². The number of nitrogens with zero attached hydrogens (tertiary/aromatic N) is 1. The predicted octanol–water partition coefficient (Wildman–Crippen LogP) is 3.71. The average Bonchev–Trinajstić information content (AvgIpc) is 2.66. The van der Waals surface area contributed by atoms with E-state index in [0.29, 0.717) is 24.2 Å². The molecule has 0 aliphatic carbocycles. The summed E-state index contributed by atoms with van der Waals surface area (Å²) in [6.45, 7) is 2.05. The lowest BCUT2D eigenvalue weighted by Crippen LogP contribution is -2.45. The van der Waals surface area contributed by atoms with Crippen molar-refractivity contribution in [1.82, 2.24) is 4.31 Å². The normalized spacial score (nSPS) is 18.2. The Bertz CT molecular complexity index is 916. The maximum absolute atomic E-state index is 13.7. The van der Waals surface area contributed by atoms with Crippen molar-refractivity contribution in [3.8, 4) is 0 Å². The van der Waals surface area contributed by atoms with Gasteiger partial charge in [0.25, 0.3) is 0 Å². The Labute approximate surface area is 159 Å². The van der Waals surface area contributed by atoms with Gasteiger partial charge in [-0.3, -0.25) is 4.79 Å². The van der Waals surface area contributed by atoms with Gasteiger partial charge in [-0.05, 0) is 49.6 Å². The first-order valence-corrected chi connectivity index (χ1v) is 10.4. The van der Waals surface area contributed by atoms with Gasteiger partial charge in [0.15, 0.2) is 0 Å². The second-order valence-electron chi connectivity index (χ2n) is 6.79. The molecule has 1 fully saturated rings. The molecule has 0 saturated carbocycles. The van der Waals surface area contributed by atoms with Crippen LogP contribution in [0.1, 0.15) is 31.2 Å². The molecule has 144 valence electrons. The summed E-state index contributed by atoms with van der Waals surface area (Å²) < 4.78 is 41.0. The maximum atomic E-state index is 13.7. The van der Waals surface area contributed by atoms with Gasteiger partial charge in [-0.1, -0.05) is 30.7 Å². The summed E-state index contributed by atoms with van der Waals surface area (Å²) in [7, 11) is -3.65. The quantitative estimate of drug-likeness (QED) is 0.846. The third kappa shape index (κ3) is 4.54. The number of amides is 1. The number of rotatable bonds is 5. The standard InChI is InChI=1S/C20H23FN2O3S/c1-15-10-11-16(13-19(15)21)22-20(24)14-17-7-5-6-12-23(17)27(25,26)18-8-3-2-4-9-18/h2-4,8-11,13,17H,5-7,12,14H2,1H3,(H,22,24)/t17-/m0/s1. The zero-order chi connectivity index (χ0) is 19.4. The van der Waals surface area contributed by atoms with E-state index in [-0.39, 0.29) is 17.2 Å². The number of hydrogen-bond donors (Lipinski definition) is 1. The number of piperidine rings is 1. The minimum absolute atomic E-state index is 0.0432. The number of anilines is 1. The zero-order valence-electron chi connectivity index (χ0n) is 15.2. The molecule has 0 unspecified atom stereocenters. The van der Waals surface area contributed by atoms with E-state index in [9.17, 15) is 17.6 Å². The van der Waals surface area contributed by atoms with Crippen molar-refractivity contribution in [2.24, 2.45) is 0 Å². The topological polar surface area (TPSA) is 66.5 Å². The van der Waals surface area contributed by atoms with Crippen molar-refractivity contribution in [2.45, 2.75) is 43.5 Å². The number of sulfonamides is 1. The molecule has 2 aromatic rings. The van der Waals surface area contributed by atoms with Gasteiger partial charge in [-0.25, -0.2) is 12.8 Å². The van der Waals surface area contributed by atoms with Crippen molar-refractivity contribution in [2.75, 3.05) is 11.9 Å². The highest BCUT2D eigenvalue weighted by molar-refractivity contribution is 7.89. The van der Waals surface area contributed by atoms with Crippen LogP contribution in [0.25, 0.3) is 0 Å². The van der Waals surface area contributed by atoms with E-state index in [1.54, 1.807) is 49.4 Å². The molecule has 1 atom stereocenters. The lowest BCUT2D eigenvalue weighted by molar-refractivity contribution is -0.117. The van der Waals surface area contributed by atoms with Crippen LogP contribution in [0, 0.1) is 12.7 Å². The number of halogens is 1. The summed E-state index contributed by atoms with van der Waals surface area (Å²) in [5.41, 5.74) is 0.872. The smallest absolute Gasteiger partial charge is 0.243 e. The maximum Gasteiger partial charge on any atom is 0.243 e. The molecule has 1 aliphatic rings. The second-order valence-corrected chi connectivity index (χ2v) is 8.69. The van der Waals surface area contributed by atoms with E-state index in [1.807, 2.05) is 0 Å². The van der Waals surface area contributed by atoms with Crippen LogP contribution in [0.5, 0.6) is 0 Å². The van der Waals surface area contributed by atoms with E-state index in [2.05, 4.69) is 5.32 Å². The second kappa shape index (κ2) is 8.19. The fourth-order valence-corrected chi connectivity index (χ4v) is 5.03. The fraction of sp³-hybridized carbons (Fsp3) is 0.350. The number of carbonyl (C=O) groups excluding carboxylic acids is 1. The highest BCUT2D eigenvalue weighted by Crippen LogP contribution is 2.27. The highest BCUT2D eigenvalue weighted by atomic mass is 32.2. The van der Waals surface area contributed by atoms with E-state index in [4.69, 9.17) is 0 Å². The molecule has 1 aliphatic heterocycles. The Balaban J connectivity index is 1.73. The lowest BCUT2D eigenvalue weighted by atomic mass is 10.0. The van der Waals surface area contributed by atoms with E-state index in [0.717, 1.165) is 12.8 Å². The van der Waals surface area contributed by atoms with Crippen molar-refractivity contribution < 1.29 is 17.6 Å². The molecule has 0 radical (unpaired) electrons. The van der Waals surface area contributed by atoms with Gasteiger partial charge in [-0.15, -0.1) is 0 Å². The zero-order valence-corrected chi connectivity index (χ0v) is 16.0. The van der Waals surface area contributed by atoms with E-state index in [1.165, 1.54) is 10.4 Å². The Morgan fingerprint density at radius 1 is 1.19 bits per heavy atom. The van der Waals surface area contributed by atoms with Gasteiger partial charge in [0.05, 0.1) is 4.90 Å². The molecule has 0 aromatic heterocycles.